The lowest BCUT2D eigenvalue weighted by molar-refractivity contribution is -0.227. The molecule has 2 aromatic rings. The van der Waals surface area contributed by atoms with Crippen molar-refractivity contribution in [2.75, 3.05) is 68.5 Å². The van der Waals surface area contributed by atoms with Crippen molar-refractivity contribution in [2.45, 2.75) is 36.8 Å². The minimum atomic E-state index is -4.78. The van der Waals surface area contributed by atoms with Crippen molar-refractivity contribution in [3.63, 3.8) is 0 Å². The van der Waals surface area contributed by atoms with E-state index >= 15 is 0 Å². The van der Waals surface area contributed by atoms with Gasteiger partial charge in [0.2, 0.25) is 0 Å². The van der Waals surface area contributed by atoms with Gasteiger partial charge in [0.1, 0.15) is 11.5 Å². The Bertz CT molecular complexity index is 1530. The molecule has 0 fully saturated rings. The molecule has 0 aromatic heterocycles. The smallest absolute Gasteiger partial charge is 0.420 e. The van der Waals surface area contributed by atoms with Crippen molar-refractivity contribution >= 4 is 23.8 Å². The summed E-state index contributed by atoms with van der Waals surface area (Å²) in [6.45, 7) is -0.716. The number of hydrogen-bond acceptors (Lipinski definition) is 10. The van der Waals surface area contributed by atoms with E-state index in [1.165, 1.54) is 14.1 Å². The Morgan fingerprint density at radius 1 is 0.700 bits per heavy atom. The minimum Gasteiger partial charge on any atom is -0.449 e. The molecule has 0 bridgehead atoms. The summed E-state index contributed by atoms with van der Waals surface area (Å²) in [5.74, 6) is -9.91. The molecule has 0 saturated heterocycles. The highest BCUT2D eigenvalue weighted by Gasteiger charge is 2.49. The molecule has 0 N–H and O–H groups in total. The van der Waals surface area contributed by atoms with Gasteiger partial charge in [0, 0.05) is 40.0 Å². The molecule has 2 unspecified atom stereocenters. The molecule has 0 spiro atoms. The second-order valence-electron chi connectivity index (χ2n) is 12.7. The van der Waals surface area contributed by atoms with Crippen molar-refractivity contribution in [1.82, 2.24) is 19.6 Å². The lowest BCUT2D eigenvalue weighted by atomic mass is 10.1. The molecule has 12 nitrogen and oxygen atoms in total. The maximum Gasteiger partial charge on any atom is 0.420 e. The summed E-state index contributed by atoms with van der Waals surface area (Å²) in [6, 6.07) is 4.42. The second-order valence-corrected chi connectivity index (χ2v) is 12.7. The normalized spacial score (nSPS) is 21.2. The molecule has 2 amide bonds. The van der Waals surface area contributed by atoms with Crippen LogP contribution < -0.4 is 9.47 Å². The Morgan fingerprint density at radius 3 is 1.34 bits per heavy atom. The molecular weight excluding hydrogens is 682 g/mol. The van der Waals surface area contributed by atoms with Crippen LogP contribution in [0.5, 0.6) is 11.5 Å². The zero-order valence-electron chi connectivity index (χ0n) is 28.0. The zero-order chi connectivity index (χ0) is 37.4. The summed E-state index contributed by atoms with van der Waals surface area (Å²) in [4.78, 5) is 58.7. The minimum absolute atomic E-state index is 0.153. The number of nitrogens with zero attached hydrogens (tertiary/aromatic N) is 4. The number of likely N-dealkylation sites (N-methyl/N-ethyl adjacent to an activating group) is 2. The molecule has 2 aromatic carbocycles. The predicted octanol–water partition coefficient (Wildman–Crippen LogP) is 3.74. The molecule has 50 heavy (non-hydrogen) atoms. The molecule has 0 aliphatic carbocycles. The summed E-state index contributed by atoms with van der Waals surface area (Å²) in [6.07, 6.45) is -9.90. The first-order chi connectivity index (χ1) is 23.0. The van der Waals surface area contributed by atoms with Crippen molar-refractivity contribution in [3.8, 4) is 11.5 Å². The van der Waals surface area contributed by atoms with Crippen LogP contribution in [0.1, 0.15) is 44.7 Å². The van der Waals surface area contributed by atoms with E-state index < -0.39 is 83.0 Å². The van der Waals surface area contributed by atoms with Gasteiger partial charge < -0.3 is 38.5 Å². The average Bonchev–Trinajstić information content (AvgIpc) is 3.17. The van der Waals surface area contributed by atoms with E-state index in [-0.39, 0.29) is 37.4 Å². The van der Waals surface area contributed by atoms with E-state index in [0.717, 1.165) is 21.9 Å². The lowest BCUT2D eigenvalue weighted by Gasteiger charge is -2.36. The van der Waals surface area contributed by atoms with Gasteiger partial charge in [-0.05, 0) is 64.6 Å². The van der Waals surface area contributed by atoms with Crippen molar-refractivity contribution in [3.05, 3.63) is 58.7 Å². The number of hydrogen-bond donors (Lipinski definition) is 0. The fraction of sp³-hybridized carbons (Fsp3) is 0.500. The molecule has 18 heteroatoms. The van der Waals surface area contributed by atoms with E-state index in [1.807, 2.05) is 0 Å². The van der Waals surface area contributed by atoms with Gasteiger partial charge in [-0.15, -0.1) is 0 Å². The first-order valence-electron chi connectivity index (χ1n) is 15.1. The van der Waals surface area contributed by atoms with Crippen LogP contribution in [-0.4, -0.2) is 123 Å². The van der Waals surface area contributed by atoms with E-state index in [2.05, 4.69) is 0 Å². The third-order valence-electron chi connectivity index (χ3n) is 7.92. The van der Waals surface area contributed by atoms with Gasteiger partial charge in [-0.25, -0.2) is 9.59 Å². The molecule has 4 rings (SSSR count). The Labute approximate surface area is 283 Å². The van der Waals surface area contributed by atoms with Crippen molar-refractivity contribution < 1.29 is 64.5 Å². The maximum absolute atomic E-state index is 13.5. The summed E-state index contributed by atoms with van der Waals surface area (Å²) >= 11 is 0. The summed E-state index contributed by atoms with van der Waals surface area (Å²) < 4.78 is 104. The molecule has 0 radical (unpaired) electrons. The molecule has 2 atom stereocenters. The van der Waals surface area contributed by atoms with Crippen LogP contribution in [-0.2, 0) is 31.4 Å². The second kappa shape index (κ2) is 14.0. The van der Waals surface area contributed by atoms with Gasteiger partial charge in [-0.1, -0.05) is 0 Å². The molecule has 274 valence electrons. The van der Waals surface area contributed by atoms with E-state index in [9.17, 15) is 45.5 Å². The van der Waals surface area contributed by atoms with Crippen molar-refractivity contribution in [2.24, 2.45) is 0 Å². The van der Waals surface area contributed by atoms with Gasteiger partial charge in [-0.2, -0.15) is 26.3 Å². The van der Waals surface area contributed by atoms with Gasteiger partial charge >= 0.3 is 24.3 Å². The standard InChI is InChI=1S/C32H36F6N4O8/c1-39(2)13-11-29(17-41(5)25(43)21-15-19(31(33,34)35)7-9-23(21)47-29)49-27(45)28(46)50-30(12-14-40(3)4)18-42(6)26(44)22-16-20(32(36,37)38)8-10-24(22)48-30/h7-10,15-16H,11-14,17-18H2,1-6H3. The highest BCUT2D eigenvalue weighted by Crippen LogP contribution is 2.39. The number of carbonyl (C=O) groups excluding carboxylic acids is 4. The molecule has 0 saturated carbocycles. The van der Waals surface area contributed by atoms with Crippen LogP contribution in [0, 0.1) is 0 Å². The van der Waals surface area contributed by atoms with Crippen LogP contribution in [0.2, 0.25) is 0 Å². The number of alkyl halides is 6. The molecular formula is C32H36F6N4O8. The van der Waals surface area contributed by atoms with Crippen LogP contribution >= 0.6 is 0 Å². The van der Waals surface area contributed by atoms with Gasteiger partial charge in [0.15, 0.2) is 0 Å². The number of benzene rings is 2. The number of carbonyl (C=O) groups is 4. The van der Waals surface area contributed by atoms with E-state index in [0.29, 0.717) is 24.3 Å². The topological polar surface area (TPSA) is 118 Å². The van der Waals surface area contributed by atoms with E-state index in [4.69, 9.17) is 18.9 Å². The summed E-state index contributed by atoms with van der Waals surface area (Å²) in [5, 5.41) is 0. The van der Waals surface area contributed by atoms with Crippen molar-refractivity contribution in [1.29, 1.82) is 0 Å². The number of rotatable bonds is 8. The molecule has 2 aliphatic rings. The average molecular weight is 719 g/mol. The Hall–Kier alpha value is -4.58. The summed E-state index contributed by atoms with van der Waals surface area (Å²) in [7, 11) is 9.19. The Balaban J connectivity index is 1.69. The Kier molecular flexibility index (Phi) is 10.7. The Morgan fingerprint density at radius 2 is 1.04 bits per heavy atom. The SMILES string of the molecule is CN(C)CCC1(OC(=O)C(=O)OC2(CCN(C)C)CN(C)C(=O)c3cc(C(F)(F)F)ccc3O2)CN(C)C(=O)c2cc(C(F)(F)F)ccc2O1. The highest BCUT2D eigenvalue weighted by atomic mass is 19.4. The van der Waals surface area contributed by atoms with Gasteiger partial charge in [0.25, 0.3) is 23.4 Å². The first kappa shape index (κ1) is 38.2. The van der Waals surface area contributed by atoms with Crippen LogP contribution in [0.15, 0.2) is 36.4 Å². The number of amides is 2. The largest absolute Gasteiger partial charge is 0.449 e. The van der Waals surface area contributed by atoms with Gasteiger partial charge in [0.05, 0.1) is 35.3 Å². The molecule has 2 aliphatic heterocycles. The van der Waals surface area contributed by atoms with Crippen LogP contribution in [0.25, 0.3) is 0 Å². The number of halogens is 6. The third kappa shape index (κ3) is 8.58. The number of fused-ring (bicyclic) bond motifs is 2. The monoisotopic (exact) mass is 718 g/mol. The highest BCUT2D eigenvalue weighted by molar-refractivity contribution is 6.30. The fourth-order valence-electron chi connectivity index (χ4n) is 5.35. The number of ether oxygens (including phenoxy) is 4. The quantitative estimate of drug-likeness (QED) is 0.227. The zero-order valence-corrected chi connectivity index (χ0v) is 28.0. The predicted molar refractivity (Wildman–Crippen MR) is 162 cm³/mol. The number of esters is 2. The fourth-order valence-corrected chi connectivity index (χ4v) is 5.35. The lowest BCUT2D eigenvalue weighted by Crippen LogP contribution is -2.54. The maximum atomic E-state index is 13.5. The summed E-state index contributed by atoms with van der Waals surface area (Å²) in [5.41, 5.74) is -3.15. The van der Waals surface area contributed by atoms with Crippen LogP contribution in [0.3, 0.4) is 0 Å². The van der Waals surface area contributed by atoms with Crippen LogP contribution in [0.4, 0.5) is 26.3 Å². The molecule has 2 heterocycles. The third-order valence-corrected chi connectivity index (χ3v) is 7.92. The first-order valence-corrected chi connectivity index (χ1v) is 15.1. The van der Waals surface area contributed by atoms with Gasteiger partial charge in [-0.3, -0.25) is 9.59 Å². The van der Waals surface area contributed by atoms with E-state index in [1.54, 1.807) is 38.0 Å².